The number of carbonyl (C=O) groups excluding carboxylic acids is 1. The summed E-state index contributed by atoms with van der Waals surface area (Å²) in [6.07, 6.45) is 0.507. The van der Waals surface area contributed by atoms with E-state index < -0.39 is 5.63 Å². The third-order valence-corrected chi connectivity index (χ3v) is 2.62. The van der Waals surface area contributed by atoms with Gasteiger partial charge in [0.25, 0.3) is 5.91 Å². The van der Waals surface area contributed by atoms with E-state index in [1.807, 2.05) is 0 Å². The van der Waals surface area contributed by atoms with Crippen molar-refractivity contribution in [3.63, 3.8) is 0 Å². The predicted molar refractivity (Wildman–Crippen MR) is 72.7 cm³/mol. The summed E-state index contributed by atoms with van der Waals surface area (Å²) in [6.45, 7) is 0.310. The van der Waals surface area contributed by atoms with E-state index in [0.29, 0.717) is 24.3 Å². The smallest absolute Gasteiger partial charge is 0.336 e. The highest BCUT2D eigenvalue weighted by atomic mass is 16.5. The Morgan fingerprint density at radius 3 is 2.90 bits per heavy atom. The molecular weight excluding hydrogens is 262 g/mol. The molecule has 6 heteroatoms. The molecule has 2 rings (SSSR count). The zero-order valence-electron chi connectivity index (χ0n) is 10.8. The Hall–Kier alpha value is -2.34. The largest absolute Gasteiger partial charge is 0.484 e. The molecule has 1 aromatic heterocycles. The minimum Gasteiger partial charge on any atom is -0.484 e. The van der Waals surface area contributed by atoms with Crippen LogP contribution in [-0.4, -0.2) is 30.8 Å². The van der Waals surface area contributed by atoms with Crippen LogP contribution in [0.5, 0.6) is 5.75 Å². The van der Waals surface area contributed by atoms with Crippen molar-refractivity contribution < 1.29 is 19.1 Å². The second kappa shape index (κ2) is 6.72. The van der Waals surface area contributed by atoms with Crippen LogP contribution in [0, 0.1) is 0 Å². The van der Waals surface area contributed by atoms with Gasteiger partial charge in [-0.3, -0.25) is 4.79 Å². The predicted octanol–water partition coefficient (Wildman–Crippen LogP) is 0.670. The van der Waals surface area contributed by atoms with Crippen LogP contribution in [0.15, 0.2) is 39.5 Å². The second-order valence-corrected chi connectivity index (χ2v) is 4.17. The number of hydrogen-bond acceptors (Lipinski definition) is 5. The second-order valence-electron chi connectivity index (χ2n) is 4.17. The molecule has 1 heterocycles. The summed E-state index contributed by atoms with van der Waals surface area (Å²) in [5.74, 6) is 0.178. The van der Waals surface area contributed by atoms with Crippen molar-refractivity contribution in [2.24, 2.45) is 0 Å². The fourth-order valence-electron chi connectivity index (χ4n) is 1.64. The van der Waals surface area contributed by atoms with Crippen LogP contribution in [0.3, 0.4) is 0 Å². The van der Waals surface area contributed by atoms with Crippen LogP contribution >= 0.6 is 0 Å². The summed E-state index contributed by atoms with van der Waals surface area (Å²) in [7, 11) is 0. The van der Waals surface area contributed by atoms with Gasteiger partial charge >= 0.3 is 5.63 Å². The van der Waals surface area contributed by atoms with Crippen molar-refractivity contribution in [1.29, 1.82) is 0 Å². The summed E-state index contributed by atoms with van der Waals surface area (Å²) >= 11 is 0. The lowest BCUT2D eigenvalue weighted by atomic mass is 10.2. The van der Waals surface area contributed by atoms with Crippen molar-refractivity contribution >= 4 is 16.9 Å². The van der Waals surface area contributed by atoms with Crippen molar-refractivity contribution in [2.45, 2.75) is 6.42 Å². The highest BCUT2D eigenvalue weighted by Crippen LogP contribution is 2.19. The molecule has 0 aliphatic heterocycles. The van der Waals surface area contributed by atoms with E-state index in [1.165, 1.54) is 6.07 Å². The summed E-state index contributed by atoms with van der Waals surface area (Å²) in [6, 6.07) is 8.02. The van der Waals surface area contributed by atoms with Crippen molar-refractivity contribution in [3.05, 3.63) is 40.8 Å². The van der Waals surface area contributed by atoms with Gasteiger partial charge in [0.15, 0.2) is 6.61 Å². The maximum absolute atomic E-state index is 11.4. The van der Waals surface area contributed by atoms with E-state index in [4.69, 9.17) is 14.3 Å². The molecule has 0 radical (unpaired) electrons. The SMILES string of the molecule is O=C(COc1ccc2ccc(=O)oc2c1)NCCCO. The molecule has 0 spiro atoms. The third-order valence-electron chi connectivity index (χ3n) is 2.62. The molecule has 20 heavy (non-hydrogen) atoms. The minimum atomic E-state index is -0.434. The number of aliphatic hydroxyl groups excluding tert-OH is 1. The van der Waals surface area contributed by atoms with Gasteiger partial charge in [-0.1, -0.05) is 0 Å². The molecule has 2 N–H and O–H groups in total. The number of nitrogens with one attached hydrogen (secondary N) is 1. The standard InChI is InChI=1S/C14H15NO5/c16-7-1-6-15-13(17)9-19-11-4-2-10-3-5-14(18)20-12(10)8-11/h2-5,8,16H,1,6-7,9H2,(H,15,17). The van der Waals surface area contributed by atoms with Gasteiger partial charge in [0.1, 0.15) is 11.3 Å². The first kappa shape index (κ1) is 14.1. The number of carbonyl (C=O) groups is 1. The monoisotopic (exact) mass is 277 g/mol. The van der Waals surface area contributed by atoms with Crippen molar-refractivity contribution in [2.75, 3.05) is 19.8 Å². The Morgan fingerprint density at radius 2 is 2.10 bits per heavy atom. The number of fused-ring (bicyclic) bond motifs is 1. The Balaban J connectivity index is 1.96. The summed E-state index contributed by atoms with van der Waals surface area (Å²) in [5.41, 5.74) is -0.0212. The molecule has 0 aliphatic carbocycles. The number of benzene rings is 1. The topological polar surface area (TPSA) is 88.8 Å². The van der Waals surface area contributed by atoms with E-state index in [2.05, 4.69) is 5.32 Å². The highest BCUT2D eigenvalue weighted by Gasteiger charge is 2.04. The van der Waals surface area contributed by atoms with E-state index in [0.717, 1.165) is 5.39 Å². The average molecular weight is 277 g/mol. The Kier molecular flexibility index (Phi) is 4.73. The van der Waals surface area contributed by atoms with Gasteiger partial charge < -0.3 is 19.6 Å². The minimum absolute atomic E-state index is 0.0326. The Labute approximate surface area is 115 Å². The number of rotatable bonds is 6. The molecule has 2 aromatic rings. The summed E-state index contributed by atoms with van der Waals surface area (Å²) < 4.78 is 10.3. The molecule has 0 fully saturated rings. The maximum Gasteiger partial charge on any atom is 0.336 e. The molecule has 1 amide bonds. The molecule has 0 bridgehead atoms. The molecule has 0 aliphatic rings. The first-order valence-corrected chi connectivity index (χ1v) is 6.23. The van der Waals surface area contributed by atoms with Gasteiger partial charge in [0.2, 0.25) is 0 Å². The lowest BCUT2D eigenvalue weighted by Crippen LogP contribution is -2.30. The van der Waals surface area contributed by atoms with Crippen molar-refractivity contribution in [1.82, 2.24) is 5.32 Å². The maximum atomic E-state index is 11.4. The van der Waals surface area contributed by atoms with Crippen LogP contribution in [0.4, 0.5) is 0 Å². The van der Waals surface area contributed by atoms with Crippen LogP contribution in [0.1, 0.15) is 6.42 Å². The number of ether oxygens (including phenoxy) is 1. The Morgan fingerprint density at radius 1 is 1.30 bits per heavy atom. The fourth-order valence-corrected chi connectivity index (χ4v) is 1.64. The molecule has 106 valence electrons. The van der Waals surface area contributed by atoms with Crippen LogP contribution in [-0.2, 0) is 4.79 Å². The van der Waals surface area contributed by atoms with Gasteiger partial charge in [0.05, 0.1) is 0 Å². The van der Waals surface area contributed by atoms with Crippen LogP contribution in [0.2, 0.25) is 0 Å². The molecule has 6 nitrogen and oxygen atoms in total. The average Bonchev–Trinajstić information content (AvgIpc) is 2.45. The normalized spacial score (nSPS) is 10.4. The number of amides is 1. The van der Waals surface area contributed by atoms with Crippen LogP contribution in [0.25, 0.3) is 11.0 Å². The van der Waals surface area contributed by atoms with Gasteiger partial charge in [-0.2, -0.15) is 0 Å². The van der Waals surface area contributed by atoms with E-state index >= 15 is 0 Å². The molecule has 0 saturated carbocycles. The van der Waals surface area contributed by atoms with E-state index in [-0.39, 0.29) is 19.1 Å². The van der Waals surface area contributed by atoms with E-state index in [1.54, 1.807) is 24.3 Å². The quantitative estimate of drug-likeness (QED) is 0.598. The van der Waals surface area contributed by atoms with Gasteiger partial charge in [-0.05, 0) is 24.6 Å². The molecule has 0 atom stereocenters. The fraction of sp³-hybridized carbons (Fsp3) is 0.286. The first-order valence-electron chi connectivity index (χ1n) is 6.23. The van der Waals surface area contributed by atoms with Gasteiger partial charge in [0, 0.05) is 30.7 Å². The zero-order valence-corrected chi connectivity index (χ0v) is 10.8. The number of hydrogen-bond donors (Lipinski definition) is 2. The van der Waals surface area contributed by atoms with Gasteiger partial charge in [-0.15, -0.1) is 0 Å². The molecule has 1 aromatic carbocycles. The zero-order chi connectivity index (χ0) is 14.4. The molecular formula is C14H15NO5. The highest BCUT2D eigenvalue weighted by molar-refractivity contribution is 5.79. The Bertz CT molecular complexity index is 649. The first-order chi connectivity index (χ1) is 9.69. The van der Waals surface area contributed by atoms with Crippen LogP contribution < -0.4 is 15.7 Å². The number of aliphatic hydroxyl groups is 1. The van der Waals surface area contributed by atoms with Gasteiger partial charge in [-0.25, -0.2) is 4.79 Å². The summed E-state index contributed by atoms with van der Waals surface area (Å²) in [4.78, 5) is 22.5. The lowest BCUT2D eigenvalue weighted by Gasteiger charge is -2.07. The molecule has 0 saturated heterocycles. The summed E-state index contributed by atoms with van der Waals surface area (Å²) in [5, 5.41) is 12.0. The lowest BCUT2D eigenvalue weighted by molar-refractivity contribution is -0.123. The third kappa shape index (κ3) is 3.83. The molecule has 0 unspecified atom stereocenters. The van der Waals surface area contributed by atoms with E-state index in [9.17, 15) is 9.59 Å². The van der Waals surface area contributed by atoms with Crippen molar-refractivity contribution in [3.8, 4) is 5.75 Å².